The van der Waals surface area contributed by atoms with Crippen LogP contribution >= 0.6 is 0 Å². The molecule has 0 saturated heterocycles. The molecular formula is C17H18N2O3. The minimum absolute atomic E-state index is 0.0162. The molecule has 0 aliphatic carbocycles. The van der Waals surface area contributed by atoms with Crippen molar-refractivity contribution in [3.05, 3.63) is 70.9 Å². The molecule has 2 aromatic carbocycles. The average Bonchev–Trinajstić information content (AvgIpc) is 2.67. The Bertz CT molecular complexity index is 726. The number of phenols is 1. The zero-order valence-corrected chi connectivity index (χ0v) is 12.5. The second-order valence-corrected chi connectivity index (χ2v) is 5.88. The van der Waals surface area contributed by atoms with E-state index in [2.05, 4.69) is 0 Å². The molecule has 0 aromatic heterocycles. The summed E-state index contributed by atoms with van der Waals surface area (Å²) in [4.78, 5) is 0. The summed E-state index contributed by atoms with van der Waals surface area (Å²) in [5.74, 6) is -0.0162. The van der Waals surface area contributed by atoms with Gasteiger partial charge < -0.3 is 15.5 Å². The maximum Gasteiger partial charge on any atom is 0.271 e. The van der Waals surface area contributed by atoms with Gasteiger partial charge in [-0.25, -0.2) is 0 Å². The molecule has 0 radical (unpaired) electrons. The third kappa shape index (κ3) is 2.06. The van der Waals surface area contributed by atoms with E-state index in [1.165, 1.54) is 6.07 Å². The van der Waals surface area contributed by atoms with Crippen molar-refractivity contribution in [1.82, 2.24) is 5.06 Å². The Labute approximate surface area is 128 Å². The first-order valence-electron chi connectivity index (χ1n) is 7.10. The predicted octanol–water partition coefficient (Wildman–Crippen LogP) is 2.87. The van der Waals surface area contributed by atoms with Gasteiger partial charge in [-0.3, -0.25) is 0 Å². The molecule has 5 heteroatoms. The van der Waals surface area contributed by atoms with Gasteiger partial charge in [0.25, 0.3) is 6.17 Å². The monoisotopic (exact) mass is 298 g/mol. The summed E-state index contributed by atoms with van der Waals surface area (Å²) in [7, 11) is 0. The number of hydrogen-bond acceptors (Lipinski definition) is 4. The summed E-state index contributed by atoms with van der Waals surface area (Å²) in [6.45, 7) is 3.56. The molecule has 5 nitrogen and oxygen atoms in total. The fourth-order valence-corrected chi connectivity index (χ4v) is 2.95. The summed E-state index contributed by atoms with van der Waals surface area (Å²) in [5, 5.41) is 34.4. The van der Waals surface area contributed by atoms with Crippen molar-refractivity contribution < 1.29 is 15.1 Å². The number of hydroxylamine groups is 3. The summed E-state index contributed by atoms with van der Waals surface area (Å²) < 4.78 is 0.768. The van der Waals surface area contributed by atoms with Gasteiger partial charge in [0.2, 0.25) is 5.71 Å². The minimum Gasteiger partial charge on any atom is -0.622 e. The zero-order chi connectivity index (χ0) is 15.9. The number of benzene rings is 2. The number of rotatable bonds is 2. The first kappa shape index (κ1) is 14.6. The quantitative estimate of drug-likeness (QED) is 0.660. The van der Waals surface area contributed by atoms with Crippen molar-refractivity contribution in [3.63, 3.8) is 0 Å². The lowest BCUT2D eigenvalue weighted by molar-refractivity contribution is -0.544. The zero-order valence-electron chi connectivity index (χ0n) is 12.5. The van der Waals surface area contributed by atoms with Gasteiger partial charge in [0.1, 0.15) is 11.3 Å². The lowest BCUT2D eigenvalue weighted by atomic mass is 9.93. The Morgan fingerprint density at radius 3 is 2.27 bits per heavy atom. The third-order valence-electron chi connectivity index (χ3n) is 4.09. The van der Waals surface area contributed by atoms with Crippen molar-refractivity contribution in [1.29, 1.82) is 0 Å². The number of hydrogen-bond donors (Lipinski definition) is 2. The van der Waals surface area contributed by atoms with E-state index in [1.54, 1.807) is 32.0 Å². The topological polar surface area (TPSA) is 69.8 Å². The molecule has 0 amide bonds. The average molecular weight is 298 g/mol. The Balaban J connectivity index is 2.18. The SMILES string of the molecule is CC1(C)C(c2ccccc2)=[N+]([O-])[C@@H](c2ccccc2O)N1O. The van der Waals surface area contributed by atoms with Crippen LogP contribution in [0, 0.1) is 5.21 Å². The van der Waals surface area contributed by atoms with Crippen molar-refractivity contribution in [2.75, 3.05) is 0 Å². The molecule has 3 rings (SSSR count). The fraction of sp³-hybridized carbons (Fsp3) is 0.235. The highest BCUT2D eigenvalue weighted by Gasteiger charge is 2.53. The lowest BCUT2D eigenvalue weighted by Crippen LogP contribution is -2.44. The number of nitrogens with zero attached hydrogens (tertiary/aromatic N) is 2. The minimum atomic E-state index is -0.980. The van der Waals surface area contributed by atoms with Gasteiger partial charge in [-0.15, -0.1) is 5.06 Å². The Kier molecular flexibility index (Phi) is 3.39. The van der Waals surface area contributed by atoms with Crippen LogP contribution in [0.3, 0.4) is 0 Å². The number of para-hydroxylation sites is 1. The van der Waals surface area contributed by atoms with Crippen molar-refractivity contribution in [2.45, 2.75) is 25.6 Å². The van der Waals surface area contributed by atoms with Crippen LogP contribution in [0.4, 0.5) is 0 Å². The maximum atomic E-state index is 12.9. The van der Waals surface area contributed by atoms with Crippen LogP contribution < -0.4 is 0 Å². The van der Waals surface area contributed by atoms with Gasteiger partial charge in [0.15, 0.2) is 0 Å². The smallest absolute Gasteiger partial charge is 0.271 e. The standard InChI is InChI=1S/C17H18N2O3/c1-17(2)15(12-8-4-3-5-9-12)18(21)16(19(17)22)13-10-6-7-11-14(13)20/h3-11,16,20,22H,1-2H3/t16-/m1/s1. The van der Waals surface area contributed by atoms with Crippen LogP contribution in [0.15, 0.2) is 54.6 Å². The molecule has 1 aliphatic heterocycles. The van der Waals surface area contributed by atoms with E-state index in [9.17, 15) is 15.5 Å². The van der Waals surface area contributed by atoms with E-state index in [4.69, 9.17) is 0 Å². The summed E-state index contributed by atoms with van der Waals surface area (Å²) in [5.41, 5.74) is 0.707. The Morgan fingerprint density at radius 1 is 1.05 bits per heavy atom. The van der Waals surface area contributed by atoms with Gasteiger partial charge in [-0.1, -0.05) is 30.3 Å². The molecule has 1 atom stereocenters. The molecule has 2 aromatic rings. The van der Waals surface area contributed by atoms with Crippen LogP contribution in [-0.4, -0.2) is 31.4 Å². The third-order valence-corrected chi connectivity index (χ3v) is 4.09. The molecule has 114 valence electrons. The normalized spacial score (nSPS) is 21.3. The Morgan fingerprint density at radius 2 is 1.64 bits per heavy atom. The molecule has 0 saturated carbocycles. The van der Waals surface area contributed by atoms with E-state index in [1.807, 2.05) is 30.3 Å². The van der Waals surface area contributed by atoms with Crippen LogP contribution in [0.1, 0.15) is 31.1 Å². The molecule has 1 heterocycles. The van der Waals surface area contributed by atoms with Gasteiger partial charge in [0.05, 0.1) is 5.56 Å². The van der Waals surface area contributed by atoms with Crippen molar-refractivity contribution in [2.24, 2.45) is 0 Å². The molecule has 0 spiro atoms. The van der Waals surface area contributed by atoms with Crippen molar-refractivity contribution >= 4 is 5.71 Å². The second-order valence-electron chi connectivity index (χ2n) is 5.88. The molecule has 2 N–H and O–H groups in total. The summed E-state index contributed by atoms with van der Waals surface area (Å²) >= 11 is 0. The number of phenolic OH excluding ortho intramolecular Hbond substituents is 1. The highest BCUT2D eigenvalue weighted by Crippen LogP contribution is 2.39. The van der Waals surface area contributed by atoms with E-state index in [0.717, 1.165) is 15.4 Å². The van der Waals surface area contributed by atoms with Crippen molar-refractivity contribution in [3.8, 4) is 5.75 Å². The van der Waals surface area contributed by atoms with E-state index in [0.29, 0.717) is 11.3 Å². The molecule has 22 heavy (non-hydrogen) atoms. The molecule has 1 aliphatic rings. The van der Waals surface area contributed by atoms with E-state index in [-0.39, 0.29) is 5.75 Å². The molecule has 0 unspecified atom stereocenters. The van der Waals surface area contributed by atoms with Gasteiger partial charge in [0, 0.05) is 5.56 Å². The van der Waals surface area contributed by atoms with E-state index >= 15 is 0 Å². The van der Waals surface area contributed by atoms with Crippen LogP contribution in [-0.2, 0) is 0 Å². The molecule has 0 bridgehead atoms. The summed E-state index contributed by atoms with van der Waals surface area (Å²) in [6, 6.07) is 15.8. The van der Waals surface area contributed by atoms with Gasteiger partial charge >= 0.3 is 0 Å². The highest BCUT2D eigenvalue weighted by atomic mass is 16.5. The second kappa shape index (κ2) is 5.12. The fourth-order valence-electron chi connectivity index (χ4n) is 2.95. The molecule has 0 fully saturated rings. The number of aromatic hydroxyl groups is 1. The first-order valence-corrected chi connectivity index (χ1v) is 7.10. The Hall–Kier alpha value is -2.37. The van der Waals surface area contributed by atoms with Gasteiger partial charge in [-0.2, -0.15) is 4.74 Å². The van der Waals surface area contributed by atoms with E-state index < -0.39 is 11.7 Å². The predicted molar refractivity (Wildman–Crippen MR) is 82.7 cm³/mol. The largest absolute Gasteiger partial charge is 0.622 e. The van der Waals surface area contributed by atoms with Gasteiger partial charge in [-0.05, 0) is 38.1 Å². The first-order chi connectivity index (χ1) is 10.4. The van der Waals surface area contributed by atoms with Crippen LogP contribution in [0.2, 0.25) is 0 Å². The van der Waals surface area contributed by atoms with Crippen LogP contribution in [0.5, 0.6) is 5.75 Å². The van der Waals surface area contributed by atoms with Crippen LogP contribution in [0.25, 0.3) is 0 Å². The molecular weight excluding hydrogens is 280 g/mol. The maximum absolute atomic E-state index is 12.9. The lowest BCUT2D eigenvalue weighted by Gasteiger charge is -2.25. The highest BCUT2D eigenvalue weighted by molar-refractivity contribution is 6.04. The summed E-state index contributed by atoms with van der Waals surface area (Å²) in [6.07, 6.45) is -0.980.